The highest BCUT2D eigenvalue weighted by molar-refractivity contribution is 7.90. The number of alkyl halides is 1. The van der Waals surface area contributed by atoms with Crippen LogP contribution < -0.4 is 5.46 Å². The van der Waals surface area contributed by atoms with Gasteiger partial charge in [-0.05, 0) is 24.4 Å². The van der Waals surface area contributed by atoms with Crippen LogP contribution in [0, 0.1) is 6.92 Å². The molecule has 0 aromatic heterocycles. The van der Waals surface area contributed by atoms with Gasteiger partial charge in [0.05, 0.1) is 12.0 Å². The molecule has 102 valence electrons. The molecule has 8 heteroatoms. The first-order valence-corrected chi connectivity index (χ1v) is 8.01. The molecular formula is C11H14BClN2O3S. The molecule has 1 aliphatic rings. The quantitative estimate of drug-likeness (QED) is 0.642. The third-order valence-electron chi connectivity index (χ3n) is 2.86. The number of hydrogen-bond acceptors (Lipinski definition) is 4. The van der Waals surface area contributed by atoms with Gasteiger partial charge in [-0.25, -0.2) is 12.7 Å². The zero-order valence-corrected chi connectivity index (χ0v) is 12.0. The summed E-state index contributed by atoms with van der Waals surface area (Å²) in [6, 6.07) is 5.39. The average molecular weight is 301 g/mol. The topological polar surface area (TPSA) is 70.0 Å². The summed E-state index contributed by atoms with van der Waals surface area (Å²) in [6.07, 6.45) is 1.77. The van der Waals surface area contributed by atoms with E-state index in [4.69, 9.17) is 11.6 Å². The van der Waals surface area contributed by atoms with E-state index in [1.54, 1.807) is 6.07 Å². The molecular weight excluding hydrogens is 286 g/mol. The molecule has 0 aliphatic carbocycles. The van der Waals surface area contributed by atoms with Crippen LogP contribution in [0.5, 0.6) is 0 Å². The van der Waals surface area contributed by atoms with Crippen LogP contribution in [0.25, 0.3) is 0 Å². The van der Waals surface area contributed by atoms with Gasteiger partial charge >= 0.3 is 7.05 Å². The maximum Gasteiger partial charge on any atom is 0.484 e. The normalized spacial score (nSPS) is 14.7. The Labute approximate surface area is 118 Å². The number of hydrogen-bond donors (Lipinski definition) is 1. The summed E-state index contributed by atoms with van der Waals surface area (Å²) in [5, 5.41) is 14.0. The summed E-state index contributed by atoms with van der Waals surface area (Å²) in [5.74, 6) is 0.120. The summed E-state index contributed by atoms with van der Waals surface area (Å²) >= 11 is 5.50. The smallest absolute Gasteiger partial charge is 0.427 e. The van der Waals surface area contributed by atoms with E-state index in [2.05, 4.69) is 5.10 Å². The van der Waals surface area contributed by atoms with Gasteiger partial charge in [-0.2, -0.15) is 5.10 Å². The zero-order chi connectivity index (χ0) is 14.0. The highest BCUT2D eigenvalue weighted by atomic mass is 35.5. The fourth-order valence-corrected chi connectivity index (χ4v) is 3.49. The summed E-state index contributed by atoms with van der Waals surface area (Å²) < 4.78 is 24.8. The molecule has 0 radical (unpaired) electrons. The predicted molar refractivity (Wildman–Crippen MR) is 77.3 cm³/mol. The molecule has 19 heavy (non-hydrogen) atoms. The summed E-state index contributed by atoms with van der Waals surface area (Å²) in [4.78, 5) is 0. The van der Waals surface area contributed by atoms with Gasteiger partial charge in [0, 0.05) is 5.88 Å². The van der Waals surface area contributed by atoms with Crippen molar-refractivity contribution in [1.29, 1.82) is 0 Å². The number of hydrazone groups is 1. The first-order valence-electron chi connectivity index (χ1n) is 5.86. The second-order valence-corrected chi connectivity index (χ2v) is 6.71. The maximum atomic E-state index is 12.0. The Bertz CT molecular complexity index is 606. The molecule has 1 heterocycles. The van der Waals surface area contributed by atoms with Crippen LogP contribution >= 0.6 is 11.6 Å². The Morgan fingerprint density at radius 1 is 1.47 bits per heavy atom. The van der Waals surface area contributed by atoms with Gasteiger partial charge in [0.25, 0.3) is 0 Å². The second kappa shape index (κ2) is 5.52. The van der Waals surface area contributed by atoms with Crippen LogP contribution in [0.15, 0.2) is 23.3 Å². The van der Waals surface area contributed by atoms with E-state index in [-0.39, 0.29) is 11.6 Å². The first kappa shape index (κ1) is 14.4. The van der Waals surface area contributed by atoms with Crippen molar-refractivity contribution in [3.8, 4) is 0 Å². The Morgan fingerprint density at radius 3 is 2.89 bits per heavy atom. The zero-order valence-electron chi connectivity index (χ0n) is 10.5. The fraction of sp³-hybridized carbons (Fsp3) is 0.364. The van der Waals surface area contributed by atoms with Gasteiger partial charge in [-0.1, -0.05) is 23.8 Å². The van der Waals surface area contributed by atoms with Gasteiger partial charge < -0.3 is 5.02 Å². The second-order valence-electron chi connectivity index (χ2n) is 4.38. The largest absolute Gasteiger partial charge is 0.484 e. The monoisotopic (exact) mass is 300 g/mol. The van der Waals surface area contributed by atoms with Crippen molar-refractivity contribution in [2.45, 2.75) is 13.3 Å². The van der Waals surface area contributed by atoms with Gasteiger partial charge in [-0.15, -0.1) is 11.6 Å². The Kier molecular flexibility index (Phi) is 4.18. The van der Waals surface area contributed by atoms with E-state index in [1.807, 2.05) is 19.1 Å². The van der Waals surface area contributed by atoms with Crippen molar-refractivity contribution in [3.05, 3.63) is 29.3 Å². The van der Waals surface area contributed by atoms with E-state index in [0.29, 0.717) is 11.9 Å². The van der Waals surface area contributed by atoms with Crippen LogP contribution in [-0.2, 0) is 10.0 Å². The Balaban J connectivity index is 2.32. The highest BCUT2D eigenvalue weighted by Gasteiger charge is 2.36. The minimum absolute atomic E-state index is 0.133. The Morgan fingerprint density at radius 2 is 2.21 bits per heavy atom. The van der Waals surface area contributed by atoms with Gasteiger partial charge in [0.1, 0.15) is 0 Å². The van der Waals surface area contributed by atoms with Crippen molar-refractivity contribution < 1.29 is 13.4 Å². The minimum atomic E-state index is -3.65. The molecule has 0 bridgehead atoms. The molecule has 0 spiro atoms. The van der Waals surface area contributed by atoms with Crippen LogP contribution in [0.4, 0.5) is 0 Å². The number of nitrogens with zero attached hydrogens (tertiary/aromatic N) is 2. The SMILES string of the molecule is Cc1ccc2c(c1)C=NN(S(=O)(=O)CCCCl)B2O. The number of sulfonamides is 1. The van der Waals surface area contributed by atoms with Crippen LogP contribution in [0.2, 0.25) is 0 Å². The van der Waals surface area contributed by atoms with Crippen molar-refractivity contribution in [3.63, 3.8) is 0 Å². The lowest BCUT2D eigenvalue weighted by Gasteiger charge is -2.26. The van der Waals surface area contributed by atoms with Crippen LogP contribution in [0.1, 0.15) is 17.5 Å². The fourth-order valence-electron chi connectivity index (χ4n) is 1.90. The molecule has 0 amide bonds. The number of rotatable bonds is 4. The van der Waals surface area contributed by atoms with Gasteiger partial charge in [0.2, 0.25) is 10.0 Å². The molecule has 2 rings (SSSR count). The van der Waals surface area contributed by atoms with E-state index < -0.39 is 17.1 Å². The van der Waals surface area contributed by atoms with Crippen molar-refractivity contribution in [2.24, 2.45) is 5.10 Å². The predicted octanol–water partition coefficient (Wildman–Crippen LogP) is 0.291. The minimum Gasteiger partial charge on any atom is -0.427 e. The number of aryl methyl sites for hydroxylation is 1. The lowest BCUT2D eigenvalue weighted by molar-refractivity contribution is 0.475. The average Bonchev–Trinajstić information content (AvgIpc) is 2.36. The number of benzene rings is 1. The summed E-state index contributed by atoms with van der Waals surface area (Å²) in [7, 11) is -4.92. The van der Waals surface area contributed by atoms with Crippen LogP contribution in [0.3, 0.4) is 0 Å². The molecule has 0 saturated carbocycles. The lowest BCUT2D eigenvalue weighted by Crippen LogP contribution is -2.52. The van der Waals surface area contributed by atoms with Crippen molar-refractivity contribution in [2.75, 3.05) is 11.6 Å². The molecule has 5 nitrogen and oxygen atoms in total. The van der Waals surface area contributed by atoms with Crippen LogP contribution in [-0.4, -0.2) is 42.7 Å². The van der Waals surface area contributed by atoms with Gasteiger partial charge in [-0.3, -0.25) is 0 Å². The molecule has 1 N–H and O–H groups in total. The lowest BCUT2D eigenvalue weighted by atomic mass is 9.71. The van der Waals surface area contributed by atoms with E-state index in [1.165, 1.54) is 6.21 Å². The Hall–Kier alpha value is -1.05. The van der Waals surface area contributed by atoms with Crippen molar-refractivity contribution >= 4 is 40.4 Å². The maximum absolute atomic E-state index is 12.0. The van der Waals surface area contributed by atoms with E-state index >= 15 is 0 Å². The first-order chi connectivity index (χ1) is 8.95. The van der Waals surface area contributed by atoms with Gasteiger partial charge in [0.15, 0.2) is 0 Å². The molecule has 1 aliphatic heterocycles. The molecule has 0 atom stereocenters. The third kappa shape index (κ3) is 2.93. The molecule has 0 saturated heterocycles. The number of fused-ring (bicyclic) bond motifs is 1. The summed E-state index contributed by atoms with van der Waals surface area (Å²) in [6.45, 7) is 1.92. The third-order valence-corrected chi connectivity index (χ3v) is 4.80. The summed E-state index contributed by atoms with van der Waals surface area (Å²) in [5.41, 5.74) is 2.29. The number of halogens is 1. The molecule has 1 aromatic rings. The molecule has 0 unspecified atom stereocenters. The van der Waals surface area contributed by atoms with E-state index in [0.717, 1.165) is 15.5 Å². The molecule has 0 fully saturated rings. The van der Waals surface area contributed by atoms with E-state index in [9.17, 15) is 13.4 Å². The standard InChI is InChI=1S/C11H14BClN2O3S/c1-9-3-4-11-10(7-9)8-14-15(12(11)16)19(17,18)6-2-5-13/h3-4,7-8,16H,2,5-6H2,1H3. The molecule has 1 aromatic carbocycles. The van der Waals surface area contributed by atoms with Crippen molar-refractivity contribution in [1.82, 2.24) is 4.33 Å². The highest BCUT2D eigenvalue weighted by Crippen LogP contribution is 2.13.